The fraction of sp³-hybridized carbons (Fsp3) is 0.455. The number of aliphatic carboxylic acids is 1. The van der Waals surface area contributed by atoms with Crippen molar-refractivity contribution in [3.8, 4) is 0 Å². The van der Waals surface area contributed by atoms with E-state index in [2.05, 4.69) is 5.32 Å². The van der Waals surface area contributed by atoms with Crippen LogP contribution in [0.5, 0.6) is 0 Å². The minimum atomic E-state index is -1.20. The van der Waals surface area contributed by atoms with Crippen molar-refractivity contribution in [2.45, 2.75) is 34.9 Å². The van der Waals surface area contributed by atoms with E-state index in [1.165, 1.54) is 28.4 Å². The van der Waals surface area contributed by atoms with Gasteiger partial charge in [0.05, 0.1) is 9.96 Å². The Balaban J connectivity index is 1.26. The minimum Gasteiger partial charge on any atom is -0.477 e. The van der Waals surface area contributed by atoms with E-state index in [1.807, 2.05) is 22.4 Å². The first-order valence-corrected chi connectivity index (χ1v) is 13.7. The number of carboxylic acid groups (broad SMARTS) is 1. The first-order valence-electron chi connectivity index (χ1n) is 10.8. The third-order valence-electron chi connectivity index (χ3n) is 6.09. The molecule has 174 valence electrons. The van der Waals surface area contributed by atoms with Crippen LogP contribution in [0.1, 0.15) is 19.3 Å². The maximum absolute atomic E-state index is 12.8. The Morgan fingerprint density at radius 1 is 1.30 bits per heavy atom. The quantitative estimate of drug-likeness (QED) is 0.317. The van der Waals surface area contributed by atoms with E-state index >= 15 is 0 Å². The number of rotatable bonds is 8. The zero-order valence-electron chi connectivity index (χ0n) is 17.7. The number of thioether (sulfide) groups is 2. The molecule has 1 aromatic heterocycles. The predicted molar refractivity (Wildman–Crippen MR) is 127 cm³/mol. The molecular formula is C22H23N3O5S3. The standard InChI is InChI=1S/C22H23N3O5S3/c26-15(11-32-16-2-1-7-31-16)23-17-20(28)25-18(22(29)30)14(10-33-21(17)25)8-13-5-6-24(19(13)27)9-12-3-4-12/h1-2,7-8,12,17,21H,3-6,9-11H2,(H,23,26)(H,29,30)/b13-8+/t17-,21-/m1/s1. The van der Waals surface area contributed by atoms with Crippen LogP contribution in [-0.4, -0.2) is 74.6 Å². The number of β-lactam (4-membered cyclic amide) rings is 1. The molecule has 8 nitrogen and oxygen atoms in total. The zero-order valence-corrected chi connectivity index (χ0v) is 20.1. The Labute approximate surface area is 203 Å². The van der Waals surface area contributed by atoms with Gasteiger partial charge >= 0.3 is 5.97 Å². The Morgan fingerprint density at radius 3 is 2.82 bits per heavy atom. The van der Waals surface area contributed by atoms with E-state index in [1.54, 1.807) is 17.4 Å². The van der Waals surface area contributed by atoms with Crippen LogP contribution in [0, 0.1) is 5.92 Å². The number of fused-ring (bicyclic) bond motifs is 1. The minimum absolute atomic E-state index is 0.0328. The van der Waals surface area contributed by atoms with Crippen LogP contribution in [0.15, 0.2) is 44.6 Å². The molecule has 4 aliphatic rings. The van der Waals surface area contributed by atoms with Crippen LogP contribution >= 0.6 is 34.9 Å². The number of hydrogen-bond acceptors (Lipinski definition) is 7. The average molecular weight is 506 g/mol. The van der Waals surface area contributed by atoms with E-state index in [0.29, 0.717) is 35.8 Å². The summed E-state index contributed by atoms with van der Waals surface area (Å²) >= 11 is 4.36. The molecule has 3 aliphatic heterocycles. The molecule has 33 heavy (non-hydrogen) atoms. The van der Waals surface area contributed by atoms with E-state index in [9.17, 15) is 24.3 Å². The number of amides is 3. The molecule has 0 radical (unpaired) electrons. The van der Waals surface area contributed by atoms with Gasteiger partial charge in [-0.1, -0.05) is 6.07 Å². The molecule has 0 unspecified atom stereocenters. The number of carbonyl (C=O) groups is 4. The molecule has 1 aromatic rings. The molecule has 2 atom stereocenters. The number of carboxylic acids is 1. The highest BCUT2D eigenvalue weighted by Gasteiger charge is 2.54. The molecule has 5 rings (SSSR count). The molecule has 1 saturated carbocycles. The monoisotopic (exact) mass is 505 g/mol. The summed E-state index contributed by atoms with van der Waals surface area (Å²) in [6.45, 7) is 1.43. The van der Waals surface area contributed by atoms with E-state index in [0.717, 1.165) is 23.6 Å². The van der Waals surface area contributed by atoms with Crippen molar-refractivity contribution >= 4 is 58.6 Å². The Kier molecular flexibility index (Phi) is 6.28. The van der Waals surface area contributed by atoms with Gasteiger partial charge in [0.1, 0.15) is 17.1 Å². The van der Waals surface area contributed by atoms with Gasteiger partial charge in [-0.3, -0.25) is 19.3 Å². The number of allylic oxidation sites excluding steroid dienone is 1. The van der Waals surface area contributed by atoms with Crippen LogP contribution in [-0.2, 0) is 19.2 Å². The molecule has 2 saturated heterocycles. The highest BCUT2D eigenvalue weighted by atomic mass is 32.2. The van der Waals surface area contributed by atoms with Gasteiger partial charge in [0.2, 0.25) is 11.8 Å². The van der Waals surface area contributed by atoms with Crippen LogP contribution in [0.4, 0.5) is 0 Å². The second-order valence-electron chi connectivity index (χ2n) is 8.47. The molecular weight excluding hydrogens is 482 g/mol. The lowest BCUT2D eigenvalue weighted by Crippen LogP contribution is -2.70. The molecule has 0 bridgehead atoms. The third-order valence-corrected chi connectivity index (χ3v) is 9.53. The first kappa shape index (κ1) is 22.5. The van der Waals surface area contributed by atoms with Gasteiger partial charge in [-0.25, -0.2) is 4.79 Å². The number of likely N-dealkylation sites (tertiary alicyclic amines) is 1. The largest absolute Gasteiger partial charge is 0.477 e. The van der Waals surface area contributed by atoms with Crippen molar-refractivity contribution in [2.75, 3.05) is 24.6 Å². The van der Waals surface area contributed by atoms with Crippen molar-refractivity contribution in [3.63, 3.8) is 0 Å². The van der Waals surface area contributed by atoms with Gasteiger partial charge in [0, 0.05) is 24.4 Å². The summed E-state index contributed by atoms with van der Waals surface area (Å²) < 4.78 is 1.02. The van der Waals surface area contributed by atoms with Gasteiger partial charge in [-0.2, -0.15) is 0 Å². The topological polar surface area (TPSA) is 107 Å². The van der Waals surface area contributed by atoms with Gasteiger partial charge in [-0.05, 0) is 48.3 Å². The second-order valence-corrected chi connectivity index (χ2v) is 11.8. The summed E-state index contributed by atoms with van der Waals surface area (Å²) in [5, 5.41) is 14.1. The molecule has 3 amide bonds. The number of nitrogens with one attached hydrogen (secondary N) is 1. The fourth-order valence-electron chi connectivity index (χ4n) is 4.25. The summed E-state index contributed by atoms with van der Waals surface area (Å²) in [5.41, 5.74) is 1.00. The zero-order chi connectivity index (χ0) is 23.1. The molecule has 11 heteroatoms. The van der Waals surface area contributed by atoms with E-state index < -0.39 is 23.3 Å². The lowest BCUT2D eigenvalue weighted by atomic mass is 10.0. The maximum Gasteiger partial charge on any atom is 0.352 e. The van der Waals surface area contributed by atoms with Crippen molar-refractivity contribution < 1.29 is 24.3 Å². The molecule has 1 aliphatic carbocycles. The van der Waals surface area contributed by atoms with Crippen molar-refractivity contribution in [2.24, 2.45) is 5.92 Å². The molecule has 2 N–H and O–H groups in total. The number of hydrogen-bond donors (Lipinski definition) is 2. The predicted octanol–water partition coefficient (Wildman–Crippen LogP) is 2.15. The van der Waals surface area contributed by atoms with Crippen LogP contribution in [0.25, 0.3) is 0 Å². The summed E-state index contributed by atoms with van der Waals surface area (Å²) in [7, 11) is 0. The Hall–Kier alpha value is -2.24. The molecule has 0 spiro atoms. The van der Waals surface area contributed by atoms with Crippen molar-refractivity contribution in [3.05, 3.63) is 40.4 Å². The van der Waals surface area contributed by atoms with Gasteiger partial charge in [0.15, 0.2) is 0 Å². The number of thiophene rings is 1. The lowest BCUT2D eigenvalue weighted by Gasteiger charge is -2.49. The Bertz CT molecular complexity index is 1060. The maximum atomic E-state index is 12.8. The van der Waals surface area contributed by atoms with Gasteiger partial charge < -0.3 is 15.3 Å². The normalized spacial score (nSPS) is 26.0. The lowest BCUT2D eigenvalue weighted by molar-refractivity contribution is -0.150. The van der Waals surface area contributed by atoms with Crippen LogP contribution in [0.2, 0.25) is 0 Å². The smallest absolute Gasteiger partial charge is 0.352 e. The van der Waals surface area contributed by atoms with E-state index in [4.69, 9.17) is 0 Å². The first-order chi connectivity index (χ1) is 15.9. The average Bonchev–Trinajstić information content (AvgIpc) is 3.34. The third kappa shape index (κ3) is 4.58. The van der Waals surface area contributed by atoms with Gasteiger partial charge in [-0.15, -0.1) is 34.9 Å². The highest BCUT2D eigenvalue weighted by molar-refractivity contribution is 8.01. The Morgan fingerprint density at radius 2 is 2.12 bits per heavy atom. The summed E-state index contributed by atoms with van der Waals surface area (Å²) in [5.74, 6) is -0.751. The molecule has 3 fully saturated rings. The number of nitrogens with zero attached hydrogens (tertiary/aromatic N) is 2. The SMILES string of the molecule is O=C(CSc1cccs1)N[C@@H]1C(=O)N2C(C(=O)O)=C(/C=C3\CCN(CC4CC4)C3=O)CS[C@H]12. The van der Waals surface area contributed by atoms with Crippen molar-refractivity contribution in [1.29, 1.82) is 0 Å². The van der Waals surface area contributed by atoms with Gasteiger partial charge in [0.25, 0.3) is 5.91 Å². The summed E-state index contributed by atoms with van der Waals surface area (Å²) in [6.07, 6.45) is 4.58. The van der Waals surface area contributed by atoms with Crippen LogP contribution < -0.4 is 5.32 Å². The molecule has 0 aromatic carbocycles. The fourth-order valence-corrected chi connectivity index (χ4v) is 7.15. The van der Waals surface area contributed by atoms with Crippen molar-refractivity contribution in [1.82, 2.24) is 15.1 Å². The highest BCUT2D eigenvalue weighted by Crippen LogP contribution is 2.41. The number of carbonyl (C=O) groups excluding carboxylic acids is 3. The summed E-state index contributed by atoms with van der Waals surface area (Å²) in [4.78, 5) is 53.0. The van der Waals surface area contributed by atoms with Crippen LogP contribution in [0.3, 0.4) is 0 Å². The van der Waals surface area contributed by atoms with E-state index in [-0.39, 0.29) is 23.3 Å². The molecule has 4 heterocycles. The second kappa shape index (κ2) is 9.19. The summed E-state index contributed by atoms with van der Waals surface area (Å²) in [6, 6.07) is 3.10.